The number of amides is 1. The maximum absolute atomic E-state index is 11.7. The predicted molar refractivity (Wildman–Crippen MR) is 63.8 cm³/mol. The molecule has 1 aromatic rings. The molecular formula is C12H12ClNO2. The third-order valence-corrected chi connectivity index (χ3v) is 3.01. The van der Waals surface area contributed by atoms with Crippen molar-refractivity contribution in [1.29, 1.82) is 0 Å². The number of nitrogens with zero attached hydrogens (tertiary/aromatic N) is 1. The molecule has 1 aromatic carbocycles. The summed E-state index contributed by atoms with van der Waals surface area (Å²) in [5.41, 5.74) is 0.647. The summed E-state index contributed by atoms with van der Waals surface area (Å²) in [4.78, 5) is 13.4. The maximum atomic E-state index is 11.7. The van der Waals surface area contributed by atoms with E-state index in [-0.39, 0.29) is 17.6 Å². The van der Waals surface area contributed by atoms with Gasteiger partial charge in [0.2, 0.25) is 5.91 Å². The van der Waals surface area contributed by atoms with Gasteiger partial charge in [0, 0.05) is 24.9 Å². The Kier molecular flexibility index (Phi) is 2.88. The SMILES string of the molecule is C=CC1CC(=O)N(c2ccc(O)cc2Cl)C1. The van der Waals surface area contributed by atoms with E-state index in [9.17, 15) is 9.90 Å². The van der Waals surface area contributed by atoms with Crippen molar-refractivity contribution in [2.75, 3.05) is 11.4 Å². The first-order valence-electron chi connectivity index (χ1n) is 5.03. The van der Waals surface area contributed by atoms with Crippen LogP contribution in [0.25, 0.3) is 0 Å². The average Bonchev–Trinajstić information content (AvgIpc) is 2.60. The van der Waals surface area contributed by atoms with Gasteiger partial charge in [-0.2, -0.15) is 0 Å². The first-order valence-corrected chi connectivity index (χ1v) is 5.41. The standard InChI is InChI=1S/C12H12ClNO2/c1-2-8-5-12(16)14(7-8)11-4-3-9(15)6-10(11)13/h2-4,6,8,15H,1,5,7H2. The van der Waals surface area contributed by atoms with Crippen LogP contribution in [-0.2, 0) is 4.79 Å². The van der Waals surface area contributed by atoms with Gasteiger partial charge in [0.25, 0.3) is 0 Å². The molecular weight excluding hydrogens is 226 g/mol. The number of hydrogen-bond donors (Lipinski definition) is 1. The Hall–Kier alpha value is -1.48. The minimum absolute atomic E-state index is 0.0393. The zero-order valence-corrected chi connectivity index (χ0v) is 9.44. The van der Waals surface area contributed by atoms with Crippen LogP contribution in [0.15, 0.2) is 30.9 Å². The minimum atomic E-state index is 0.0393. The van der Waals surface area contributed by atoms with Crippen molar-refractivity contribution in [2.24, 2.45) is 5.92 Å². The van der Waals surface area contributed by atoms with Gasteiger partial charge in [0.05, 0.1) is 10.7 Å². The number of rotatable bonds is 2. The number of halogens is 1. The van der Waals surface area contributed by atoms with E-state index < -0.39 is 0 Å². The summed E-state index contributed by atoms with van der Waals surface area (Å²) >= 11 is 5.99. The second-order valence-corrected chi connectivity index (χ2v) is 4.25. The number of phenolic OH excluding ortho intramolecular Hbond substituents is 1. The summed E-state index contributed by atoms with van der Waals surface area (Å²) in [7, 11) is 0. The zero-order valence-electron chi connectivity index (χ0n) is 8.69. The molecule has 0 spiro atoms. The molecule has 84 valence electrons. The average molecular weight is 238 g/mol. The third-order valence-electron chi connectivity index (χ3n) is 2.71. The van der Waals surface area contributed by atoms with E-state index in [1.807, 2.05) is 0 Å². The smallest absolute Gasteiger partial charge is 0.227 e. The third kappa shape index (κ3) is 1.91. The summed E-state index contributed by atoms with van der Waals surface area (Å²) in [6.45, 7) is 4.29. The van der Waals surface area contributed by atoms with Gasteiger partial charge in [-0.1, -0.05) is 17.7 Å². The minimum Gasteiger partial charge on any atom is -0.508 e. The lowest BCUT2D eigenvalue weighted by molar-refractivity contribution is -0.117. The van der Waals surface area contributed by atoms with Gasteiger partial charge in [-0.3, -0.25) is 4.79 Å². The highest BCUT2D eigenvalue weighted by molar-refractivity contribution is 6.34. The van der Waals surface area contributed by atoms with E-state index in [4.69, 9.17) is 11.6 Å². The van der Waals surface area contributed by atoms with Crippen LogP contribution in [0.3, 0.4) is 0 Å². The van der Waals surface area contributed by atoms with Gasteiger partial charge in [0.1, 0.15) is 5.75 Å². The summed E-state index contributed by atoms with van der Waals surface area (Å²) in [6.07, 6.45) is 2.26. The van der Waals surface area contributed by atoms with Crippen LogP contribution in [0, 0.1) is 5.92 Å². The Labute approximate surface area is 98.9 Å². The fraction of sp³-hybridized carbons (Fsp3) is 0.250. The van der Waals surface area contributed by atoms with E-state index >= 15 is 0 Å². The van der Waals surface area contributed by atoms with Crippen molar-refractivity contribution in [3.05, 3.63) is 35.9 Å². The largest absolute Gasteiger partial charge is 0.508 e. The Balaban J connectivity index is 2.31. The first-order chi connectivity index (χ1) is 7.61. The Morgan fingerprint density at radius 2 is 2.31 bits per heavy atom. The van der Waals surface area contributed by atoms with Gasteiger partial charge in [0.15, 0.2) is 0 Å². The lowest BCUT2D eigenvalue weighted by Gasteiger charge is -2.17. The molecule has 1 amide bonds. The van der Waals surface area contributed by atoms with E-state index in [1.165, 1.54) is 12.1 Å². The van der Waals surface area contributed by atoms with Crippen molar-refractivity contribution >= 4 is 23.2 Å². The van der Waals surface area contributed by atoms with Gasteiger partial charge < -0.3 is 10.0 Å². The normalized spacial score (nSPS) is 20.2. The lowest BCUT2D eigenvalue weighted by Crippen LogP contribution is -2.24. The van der Waals surface area contributed by atoms with E-state index in [1.54, 1.807) is 17.0 Å². The van der Waals surface area contributed by atoms with Crippen LogP contribution in [0.5, 0.6) is 5.75 Å². The van der Waals surface area contributed by atoms with Crippen molar-refractivity contribution in [2.45, 2.75) is 6.42 Å². The number of phenols is 1. The maximum Gasteiger partial charge on any atom is 0.227 e. The second-order valence-electron chi connectivity index (χ2n) is 3.84. The highest BCUT2D eigenvalue weighted by atomic mass is 35.5. The molecule has 0 bridgehead atoms. The molecule has 1 atom stereocenters. The van der Waals surface area contributed by atoms with Gasteiger partial charge in [-0.25, -0.2) is 0 Å². The molecule has 1 heterocycles. The van der Waals surface area contributed by atoms with Crippen molar-refractivity contribution in [1.82, 2.24) is 0 Å². The Morgan fingerprint density at radius 3 is 2.88 bits per heavy atom. The number of carbonyl (C=O) groups is 1. The van der Waals surface area contributed by atoms with Crippen LogP contribution in [-0.4, -0.2) is 17.6 Å². The molecule has 1 aliphatic rings. The number of hydrogen-bond acceptors (Lipinski definition) is 2. The molecule has 1 fully saturated rings. The number of benzene rings is 1. The van der Waals surface area contributed by atoms with E-state index in [0.29, 0.717) is 23.7 Å². The fourth-order valence-electron chi connectivity index (χ4n) is 1.84. The predicted octanol–water partition coefficient (Wildman–Crippen LogP) is 2.58. The molecule has 16 heavy (non-hydrogen) atoms. The van der Waals surface area contributed by atoms with Crippen LogP contribution in [0.4, 0.5) is 5.69 Å². The van der Waals surface area contributed by atoms with Gasteiger partial charge in [-0.05, 0) is 12.1 Å². The molecule has 1 unspecified atom stereocenters. The van der Waals surface area contributed by atoms with E-state index in [0.717, 1.165) is 0 Å². The molecule has 1 N–H and O–H groups in total. The van der Waals surface area contributed by atoms with Crippen LogP contribution in [0.1, 0.15) is 6.42 Å². The molecule has 4 heteroatoms. The summed E-state index contributed by atoms with van der Waals surface area (Å²) in [6, 6.07) is 4.61. The van der Waals surface area contributed by atoms with Crippen molar-refractivity contribution < 1.29 is 9.90 Å². The fourth-order valence-corrected chi connectivity index (χ4v) is 2.12. The van der Waals surface area contributed by atoms with Crippen molar-refractivity contribution in [3.8, 4) is 5.75 Å². The second kappa shape index (κ2) is 4.18. The van der Waals surface area contributed by atoms with Crippen LogP contribution < -0.4 is 4.90 Å². The van der Waals surface area contributed by atoms with Crippen LogP contribution in [0.2, 0.25) is 5.02 Å². The van der Waals surface area contributed by atoms with Crippen LogP contribution >= 0.6 is 11.6 Å². The zero-order chi connectivity index (χ0) is 11.7. The molecule has 2 rings (SSSR count). The van der Waals surface area contributed by atoms with Crippen molar-refractivity contribution in [3.63, 3.8) is 0 Å². The summed E-state index contributed by atoms with van der Waals surface area (Å²) < 4.78 is 0. The molecule has 0 saturated carbocycles. The first kappa shape index (κ1) is 11.0. The number of carbonyl (C=O) groups excluding carboxylic acids is 1. The summed E-state index contributed by atoms with van der Waals surface area (Å²) in [5, 5.41) is 9.63. The quantitative estimate of drug-likeness (QED) is 0.804. The molecule has 1 saturated heterocycles. The van der Waals surface area contributed by atoms with E-state index in [2.05, 4.69) is 6.58 Å². The highest BCUT2D eigenvalue weighted by Gasteiger charge is 2.29. The molecule has 1 aliphatic heterocycles. The molecule has 3 nitrogen and oxygen atoms in total. The molecule has 0 aromatic heterocycles. The molecule has 0 radical (unpaired) electrons. The Morgan fingerprint density at radius 1 is 1.56 bits per heavy atom. The number of anilines is 1. The number of aromatic hydroxyl groups is 1. The summed E-state index contributed by atoms with van der Waals surface area (Å²) in [5.74, 6) is 0.315. The monoisotopic (exact) mass is 237 g/mol. The Bertz CT molecular complexity index is 445. The molecule has 0 aliphatic carbocycles. The topological polar surface area (TPSA) is 40.5 Å². The highest BCUT2D eigenvalue weighted by Crippen LogP contribution is 2.33. The lowest BCUT2D eigenvalue weighted by atomic mass is 10.1. The van der Waals surface area contributed by atoms with Gasteiger partial charge >= 0.3 is 0 Å². The van der Waals surface area contributed by atoms with Gasteiger partial charge in [-0.15, -0.1) is 6.58 Å².